The Kier molecular flexibility index (Phi) is 6.73. The Morgan fingerprint density at radius 3 is 2.73 bits per heavy atom. The molecular formula is C19H20Cl2N6O3. The number of para-hydroxylation sites is 1. The van der Waals surface area contributed by atoms with E-state index in [0.29, 0.717) is 46.8 Å². The molecular weight excluding hydrogens is 431 g/mol. The van der Waals surface area contributed by atoms with Crippen LogP contribution in [0.15, 0.2) is 34.9 Å². The van der Waals surface area contributed by atoms with E-state index < -0.39 is 11.7 Å². The van der Waals surface area contributed by atoms with Gasteiger partial charge in [-0.05, 0) is 44.5 Å². The number of rotatable bonds is 6. The van der Waals surface area contributed by atoms with Gasteiger partial charge >= 0.3 is 6.09 Å². The SMILES string of the molecule is CC(C)(C)OC(=O)NCCc1nnc(-c2ccccc2Nc2nc(Cl)ncc2Cl)o1. The van der Waals surface area contributed by atoms with Gasteiger partial charge in [-0.3, -0.25) is 0 Å². The molecule has 0 saturated heterocycles. The molecule has 0 bridgehead atoms. The van der Waals surface area contributed by atoms with Gasteiger partial charge in [-0.2, -0.15) is 4.98 Å². The lowest BCUT2D eigenvalue weighted by Crippen LogP contribution is -2.33. The van der Waals surface area contributed by atoms with Crippen LogP contribution in [0, 0.1) is 0 Å². The van der Waals surface area contributed by atoms with Gasteiger partial charge in [-0.15, -0.1) is 10.2 Å². The van der Waals surface area contributed by atoms with E-state index in [4.69, 9.17) is 32.4 Å². The minimum atomic E-state index is -0.560. The Balaban J connectivity index is 1.68. The number of nitrogens with zero attached hydrogens (tertiary/aromatic N) is 4. The standard InChI is InChI=1S/C19H20Cl2N6O3/c1-19(2,3)30-18(28)22-9-8-14-26-27-16(29-14)11-6-4-5-7-13(11)24-15-12(20)10-23-17(21)25-15/h4-7,10H,8-9H2,1-3H3,(H,22,28)(H,23,24,25). The summed E-state index contributed by atoms with van der Waals surface area (Å²) < 4.78 is 10.9. The molecule has 3 aromatic rings. The van der Waals surface area contributed by atoms with Crippen molar-refractivity contribution < 1.29 is 13.9 Å². The summed E-state index contributed by atoms with van der Waals surface area (Å²) in [5.41, 5.74) is 0.744. The van der Waals surface area contributed by atoms with Gasteiger partial charge in [0.05, 0.1) is 17.4 Å². The summed E-state index contributed by atoms with van der Waals surface area (Å²) in [4.78, 5) is 19.6. The van der Waals surface area contributed by atoms with Crippen LogP contribution in [-0.2, 0) is 11.2 Å². The van der Waals surface area contributed by atoms with Crippen molar-refractivity contribution in [1.29, 1.82) is 0 Å². The molecule has 30 heavy (non-hydrogen) atoms. The van der Waals surface area contributed by atoms with Gasteiger partial charge in [0, 0.05) is 13.0 Å². The molecule has 0 aliphatic rings. The molecule has 0 aliphatic carbocycles. The summed E-state index contributed by atoms with van der Waals surface area (Å²) in [5, 5.41) is 14.3. The molecule has 0 atom stereocenters. The molecule has 0 aliphatic heterocycles. The van der Waals surface area contributed by atoms with E-state index in [2.05, 4.69) is 30.8 Å². The number of hydrogen-bond acceptors (Lipinski definition) is 8. The molecule has 3 rings (SSSR count). The second-order valence-corrected chi connectivity index (χ2v) is 7.93. The fraction of sp³-hybridized carbons (Fsp3) is 0.316. The first-order valence-electron chi connectivity index (χ1n) is 9.05. The number of hydrogen-bond donors (Lipinski definition) is 2. The summed E-state index contributed by atoms with van der Waals surface area (Å²) in [5.74, 6) is 1.03. The Bertz CT molecular complexity index is 1040. The summed E-state index contributed by atoms with van der Waals surface area (Å²) in [7, 11) is 0. The van der Waals surface area contributed by atoms with Crippen molar-refractivity contribution in [1.82, 2.24) is 25.5 Å². The summed E-state index contributed by atoms with van der Waals surface area (Å²) >= 11 is 12.0. The van der Waals surface area contributed by atoms with Crippen molar-refractivity contribution in [2.24, 2.45) is 0 Å². The fourth-order valence-electron chi connectivity index (χ4n) is 2.39. The number of halogens is 2. The van der Waals surface area contributed by atoms with Crippen LogP contribution < -0.4 is 10.6 Å². The van der Waals surface area contributed by atoms with E-state index in [1.165, 1.54) is 6.20 Å². The second-order valence-electron chi connectivity index (χ2n) is 7.19. The highest BCUT2D eigenvalue weighted by Gasteiger charge is 2.17. The molecule has 1 amide bonds. The third kappa shape index (κ3) is 6.04. The highest BCUT2D eigenvalue weighted by Crippen LogP contribution is 2.31. The molecule has 0 saturated carbocycles. The van der Waals surface area contributed by atoms with Crippen LogP contribution >= 0.6 is 23.2 Å². The summed E-state index contributed by atoms with van der Waals surface area (Å²) in [6.07, 6.45) is 1.26. The lowest BCUT2D eigenvalue weighted by molar-refractivity contribution is 0.0528. The van der Waals surface area contributed by atoms with Crippen LogP contribution in [0.25, 0.3) is 11.5 Å². The molecule has 0 unspecified atom stereocenters. The maximum atomic E-state index is 11.7. The van der Waals surface area contributed by atoms with Crippen molar-refractivity contribution >= 4 is 40.8 Å². The van der Waals surface area contributed by atoms with Gasteiger partial charge in [-0.25, -0.2) is 9.78 Å². The lowest BCUT2D eigenvalue weighted by atomic mass is 10.2. The number of anilines is 2. The number of nitrogens with one attached hydrogen (secondary N) is 2. The molecule has 0 radical (unpaired) electrons. The number of benzene rings is 1. The first-order valence-corrected chi connectivity index (χ1v) is 9.80. The molecule has 2 N–H and O–H groups in total. The summed E-state index contributed by atoms with van der Waals surface area (Å²) in [6.45, 7) is 5.69. The molecule has 0 spiro atoms. The zero-order chi connectivity index (χ0) is 21.7. The molecule has 11 heteroatoms. The van der Waals surface area contributed by atoms with Gasteiger partial charge < -0.3 is 19.8 Å². The molecule has 1 aromatic carbocycles. The van der Waals surface area contributed by atoms with E-state index in [1.807, 2.05) is 24.3 Å². The van der Waals surface area contributed by atoms with Crippen molar-refractivity contribution in [3.8, 4) is 11.5 Å². The predicted octanol–water partition coefficient (Wildman–Crippen LogP) is 4.64. The first kappa shape index (κ1) is 21.8. The zero-order valence-corrected chi connectivity index (χ0v) is 18.1. The summed E-state index contributed by atoms with van der Waals surface area (Å²) in [6, 6.07) is 7.30. The maximum Gasteiger partial charge on any atom is 0.407 e. The number of aromatic nitrogens is 4. The second kappa shape index (κ2) is 9.27. The largest absolute Gasteiger partial charge is 0.444 e. The van der Waals surface area contributed by atoms with E-state index >= 15 is 0 Å². The van der Waals surface area contributed by atoms with E-state index in [9.17, 15) is 4.79 Å². The molecule has 2 aromatic heterocycles. The number of alkyl carbamates (subject to hydrolysis) is 1. The molecule has 0 fully saturated rings. The van der Waals surface area contributed by atoms with Crippen molar-refractivity contribution in [2.45, 2.75) is 32.8 Å². The molecule has 2 heterocycles. The predicted molar refractivity (Wildman–Crippen MR) is 113 cm³/mol. The van der Waals surface area contributed by atoms with Crippen LogP contribution in [0.5, 0.6) is 0 Å². The van der Waals surface area contributed by atoms with Gasteiger partial charge in [0.15, 0.2) is 5.82 Å². The Labute approximate surface area is 183 Å². The smallest absolute Gasteiger partial charge is 0.407 e. The van der Waals surface area contributed by atoms with Gasteiger partial charge in [0.1, 0.15) is 10.6 Å². The average molecular weight is 451 g/mol. The van der Waals surface area contributed by atoms with Gasteiger partial charge in [-0.1, -0.05) is 23.7 Å². The number of amides is 1. The Morgan fingerprint density at radius 2 is 1.97 bits per heavy atom. The number of carbonyl (C=O) groups excluding carboxylic acids is 1. The van der Waals surface area contributed by atoms with Gasteiger partial charge in [0.25, 0.3) is 0 Å². The van der Waals surface area contributed by atoms with Crippen LogP contribution in [0.1, 0.15) is 26.7 Å². The van der Waals surface area contributed by atoms with Crippen molar-refractivity contribution in [2.75, 3.05) is 11.9 Å². The fourth-order valence-corrected chi connectivity index (χ4v) is 2.66. The Morgan fingerprint density at radius 1 is 1.20 bits per heavy atom. The minimum Gasteiger partial charge on any atom is -0.444 e. The number of carbonyl (C=O) groups is 1. The first-order chi connectivity index (χ1) is 14.2. The third-order valence-electron chi connectivity index (χ3n) is 3.60. The van der Waals surface area contributed by atoms with Crippen LogP contribution in [0.2, 0.25) is 10.3 Å². The normalized spacial score (nSPS) is 11.2. The maximum absolute atomic E-state index is 11.7. The number of ether oxygens (including phenoxy) is 1. The zero-order valence-electron chi connectivity index (χ0n) is 16.6. The van der Waals surface area contributed by atoms with E-state index in [-0.39, 0.29) is 5.28 Å². The van der Waals surface area contributed by atoms with Crippen molar-refractivity contribution in [3.63, 3.8) is 0 Å². The highest BCUT2D eigenvalue weighted by molar-refractivity contribution is 6.33. The van der Waals surface area contributed by atoms with Crippen LogP contribution in [0.4, 0.5) is 16.3 Å². The highest BCUT2D eigenvalue weighted by atomic mass is 35.5. The van der Waals surface area contributed by atoms with E-state index in [0.717, 1.165) is 0 Å². The topological polar surface area (TPSA) is 115 Å². The van der Waals surface area contributed by atoms with Crippen LogP contribution in [-0.4, -0.2) is 38.4 Å². The minimum absolute atomic E-state index is 0.0666. The molecule has 158 valence electrons. The third-order valence-corrected chi connectivity index (χ3v) is 4.06. The average Bonchev–Trinajstić information content (AvgIpc) is 3.12. The quantitative estimate of drug-likeness (QED) is 0.521. The lowest BCUT2D eigenvalue weighted by Gasteiger charge is -2.19. The van der Waals surface area contributed by atoms with Crippen molar-refractivity contribution in [3.05, 3.63) is 46.7 Å². The molecule has 9 nitrogen and oxygen atoms in total. The van der Waals surface area contributed by atoms with E-state index in [1.54, 1.807) is 20.8 Å². The Hall–Kier alpha value is -2.91. The van der Waals surface area contributed by atoms with Gasteiger partial charge in [0.2, 0.25) is 17.1 Å². The van der Waals surface area contributed by atoms with Crippen LogP contribution in [0.3, 0.4) is 0 Å². The monoisotopic (exact) mass is 450 g/mol.